The van der Waals surface area contributed by atoms with Crippen molar-refractivity contribution in [3.05, 3.63) is 29.6 Å². The number of hydrogen-bond acceptors (Lipinski definition) is 1. The second kappa shape index (κ2) is 4.02. The highest BCUT2D eigenvalue weighted by Gasteiger charge is 2.33. The lowest BCUT2D eigenvalue weighted by atomic mass is 10.2. The SMILES string of the molecule is Cc1cccc2nc(CCl)n(CC3CC3C)c12. The lowest BCUT2D eigenvalue weighted by molar-refractivity contribution is 0.590. The summed E-state index contributed by atoms with van der Waals surface area (Å²) >= 11 is 6.01. The zero-order valence-electron chi connectivity index (χ0n) is 10.3. The van der Waals surface area contributed by atoms with Crippen LogP contribution in [-0.4, -0.2) is 9.55 Å². The van der Waals surface area contributed by atoms with E-state index >= 15 is 0 Å². The van der Waals surface area contributed by atoms with E-state index in [4.69, 9.17) is 11.6 Å². The number of nitrogens with zero attached hydrogens (tertiary/aromatic N) is 2. The Morgan fingerprint density at radius 3 is 2.88 bits per heavy atom. The Balaban J connectivity index is 2.11. The zero-order chi connectivity index (χ0) is 12.0. The first-order valence-electron chi connectivity index (χ1n) is 6.21. The molecule has 2 atom stereocenters. The molecule has 0 amide bonds. The third kappa shape index (κ3) is 1.85. The summed E-state index contributed by atoms with van der Waals surface area (Å²) < 4.78 is 2.33. The Labute approximate surface area is 107 Å². The number of aromatic nitrogens is 2. The molecular weight excluding hydrogens is 232 g/mol. The van der Waals surface area contributed by atoms with Crippen LogP contribution >= 0.6 is 11.6 Å². The minimum absolute atomic E-state index is 0.495. The molecule has 2 unspecified atom stereocenters. The molecule has 1 aliphatic rings. The van der Waals surface area contributed by atoms with Crippen LogP contribution in [0.4, 0.5) is 0 Å². The van der Waals surface area contributed by atoms with Gasteiger partial charge in [0, 0.05) is 6.54 Å². The van der Waals surface area contributed by atoms with Crippen LogP contribution in [0.1, 0.15) is 24.7 Å². The van der Waals surface area contributed by atoms with E-state index in [1.807, 2.05) is 0 Å². The number of hydrogen-bond donors (Lipinski definition) is 0. The van der Waals surface area contributed by atoms with Gasteiger partial charge in [0.2, 0.25) is 0 Å². The fourth-order valence-corrected chi connectivity index (χ4v) is 2.80. The first kappa shape index (κ1) is 11.1. The van der Waals surface area contributed by atoms with E-state index in [1.54, 1.807) is 0 Å². The topological polar surface area (TPSA) is 17.8 Å². The number of fused-ring (bicyclic) bond motifs is 1. The van der Waals surface area contributed by atoms with Crippen molar-refractivity contribution in [1.29, 1.82) is 0 Å². The van der Waals surface area contributed by atoms with Crippen molar-refractivity contribution in [2.45, 2.75) is 32.7 Å². The van der Waals surface area contributed by atoms with E-state index in [0.29, 0.717) is 5.88 Å². The van der Waals surface area contributed by atoms with Crippen LogP contribution in [-0.2, 0) is 12.4 Å². The van der Waals surface area contributed by atoms with Gasteiger partial charge in [0.1, 0.15) is 5.82 Å². The van der Waals surface area contributed by atoms with Crippen LogP contribution in [0.25, 0.3) is 11.0 Å². The molecule has 0 N–H and O–H groups in total. The summed E-state index contributed by atoms with van der Waals surface area (Å²) in [6.45, 7) is 5.54. The second-order valence-corrected chi connectivity index (χ2v) is 5.46. The van der Waals surface area contributed by atoms with Gasteiger partial charge >= 0.3 is 0 Å². The van der Waals surface area contributed by atoms with Crippen molar-refractivity contribution in [1.82, 2.24) is 9.55 Å². The maximum atomic E-state index is 6.01. The van der Waals surface area contributed by atoms with Crippen molar-refractivity contribution in [3.63, 3.8) is 0 Å². The minimum Gasteiger partial charge on any atom is -0.326 e. The van der Waals surface area contributed by atoms with Gasteiger partial charge in [0.05, 0.1) is 16.9 Å². The molecule has 0 radical (unpaired) electrons. The van der Waals surface area contributed by atoms with Crippen LogP contribution in [0.2, 0.25) is 0 Å². The summed E-state index contributed by atoms with van der Waals surface area (Å²) in [7, 11) is 0. The molecule has 3 heteroatoms. The monoisotopic (exact) mass is 248 g/mol. The number of halogens is 1. The molecule has 1 aromatic heterocycles. The minimum atomic E-state index is 0.495. The molecule has 0 aliphatic heterocycles. The summed E-state index contributed by atoms with van der Waals surface area (Å²) in [5.74, 6) is 3.18. The van der Waals surface area contributed by atoms with Crippen LogP contribution in [0, 0.1) is 18.8 Å². The Morgan fingerprint density at radius 2 is 2.24 bits per heavy atom. The van der Waals surface area contributed by atoms with Crippen LogP contribution in [0.15, 0.2) is 18.2 Å². The Kier molecular flexibility index (Phi) is 2.62. The van der Waals surface area contributed by atoms with E-state index < -0.39 is 0 Å². The van der Waals surface area contributed by atoms with Gasteiger partial charge in [0.25, 0.3) is 0 Å². The molecule has 0 saturated heterocycles. The normalized spacial score (nSPS) is 23.2. The predicted octanol–water partition coefficient (Wildman–Crippen LogP) is 3.74. The second-order valence-electron chi connectivity index (χ2n) is 5.19. The third-order valence-electron chi connectivity index (χ3n) is 3.86. The summed E-state index contributed by atoms with van der Waals surface area (Å²) in [6, 6.07) is 6.28. The van der Waals surface area contributed by atoms with E-state index in [0.717, 1.165) is 29.7 Å². The maximum absolute atomic E-state index is 6.01. The first-order valence-corrected chi connectivity index (χ1v) is 6.75. The fourth-order valence-electron chi connectivity index (χ4n) is 2.60. The van der Waals surface area contributed by atoms with Crippen molar-refractivity contribution in [2.75, 3.05) is 0 Å². The highest BCUT2D eigenvalue weighted by atomic mass is 35.5. The largest absolute Gasteiger partial charge is 0.326 e. The van der Waals surface area contributed by atoms with Gasteiger partial charge in [-0.1, -0.05) is 19.1 Å². The molecular formula is C14H17ClN2. The van der Waals surface area contributed by atoms with Crippen molar-refractivity contribution in [3.8, 4) is 0 Å². The van der Waals surface area contributed by atoms with E-state index in [-0.39, 0.29) is 0 Å². The van der Waals surface area contributed by atoms with Crippen molar-refractivity contribution >= 4 is 22.6 Å². The Morgan fingerprint density at radius 1 is 1.47 bits per heavy atom. The van der Waals surface area contributed by atoms with Gasteiger partial charge in [-0.05, 0) is 36.8 Å². The number of rotatable bonds is 3. The quantitative estimate of drug-likeness (QED) is 0.757. The highest BCUT2D eigenvalue weighted by molar-refractivity contribution is 6.16. The van der Waals surface area contributed by atoms with Crippen LogP contribution in [0.3, 0.4) is 0 Å². The Hall–Kier alpha value is -1.02. The van der Waals surface area contributed by atoms with Gasteiger partial charge in [-0.25, -0.2) is 4.98 Å². The molecule has 3 rings (SSSR count). The first-order chi connectivity index (χ1) is 8.20. The molecule has 1 fully saturated rings. The molecule has 2 aromatic rings. The van der Waals surface area contributed by atoms with Crippen LogP contribution < -0.4 is 0 Å². The third-order valence-corrected chi connectivity index (χ3v) is 4.10. The highest BCUT2D eigenvalue weighted by Crippen LogP contribution is 2.40. The average Bonchev–Trinajstić information content (AvgIpc) is 2.88. The molecule has 90 valence electrons. The molecule has 0 bridgehead atoms. The standard InChI is InChI=1S/C14H17ClN2/c1-9-4-3-5-12-14(9)17(13(7-15)16-12)8-11-6-10(11)2/h3-5,10-11H,6-8H2,1-2H3. The van der Waals surface area contributed by atoms with Crippen molar-refractivity contribution in [2.24, 2.45) is 11.8 Å². The zero-order valence-corrected chi connectivity index (χ0v) is 11.0. The van der Waals surface area contributed by atoms with Crippen LogP contribution in [0.5, 0.6) is 0 Å². The van der Waals surface area contributed by atoms with Gasteiger partial charge in [-0.3, -0.25) is 0 Å². The van der Waals surface area contributed by atoms with E-state index in [2.05, 4.69) is 41.6 Å². The smallest absolute Gasteiger partial charge is 0.124 e. The molecule has 1 heterocycles. The summed E-state index contributed by atoms with van der Waals surface area (Å²) in [5, 5.41) is 0. The van der Waals surface area contributed by atoms with Gasteiger partial charge in [-0.15, -0.1) is 11.6 Å². The number of para-hydroxylation sites is 1. The average molecular weight is 249 g/mol. The molecule has 17 heavy (non-hydrogen) atoms. The van der Waals surface area contributed by atoms with Gasteiger partial charge < -0.3 is 4.57 Å². The predicted molar refractivity (Wildman–Crippen MR) is 71.3 cm³/mol. The molecule has 0 spiro atoms. The summed E-state index contributed by atoms with van der Waals surface area (Å²) in [5.41, 5.74) is 3.64. The van der Waals surface area contributed by atoms with E-state index in [9.17, 15) is 0 Å². The molecule has 1 aliphatic carbocycles. The summed E-state index contributed by atoms with van der Waals surface area (Å²) in [4.78, 5) is 4.63. The lowest BCUT2D eigenvalue weighted by Crippen LogP contribution is -2.05. The molecule has 1 aromatic carbocycles. The molecule has 2 nitrogen and oxygen atoms in total. The Bertz CT molecular complexity index is 559. The van der Waals surface area contributed by atoms with Gasteiger partial charge in [0.15, 0.2) is 0 Å². The maximum Gasteiger partial charge on any atom is 0.124 e. The number of imidazole rings is 1. The number of aryl methyl sites for hydroxylation is 1. The van der Waals surface area contributed by atoms with E-state index in [1.165, 1.54) is 17.5 Å². The van der Waals surface area contributed by atoms with Crippen molar-refractivity contribution < 1.29 is 0 Å². The lowest BCUT2D eigenvalue weighted by Gasteiger charge is -2.08. The molecule has 1 saturated carbocycles. The number of benzene rings is 1. The fraction of sp³-hybridized carbons (Fsp3) is 0.500. The van der Waals surface area contributed by atoms with Gasteiger partial charge in [-0.2, -0.15) is 0 Å². The number of alkyl halides is 1. The summed E-state index contributed by atoms with van der Waals surface area (Å²) in [6.07, 6.45) is 1.34.